The molecule has 1 saturated heterocycles. The lowest BCUT2D eigenvalue weighted by Gasteiger charge is -2.30. The van der Waals surface area contributed by atoms with E-state index in [2.05, 4.69) is 31.9 Å². The predicted molar refractivity (Wildman–Crippen MR) is 71.8 cm³/mol. The minimum Gasteiger partial charge on any atom is -0.478 e. The Labute approximate surface area is 116 Å². The number of carboxylic acid groups (broad SMARTS) is 1. The van der Waals surface area contributed by atoms with Crippen molar-refractivity contribution in [2.45, 2.75) is 0 Å². The molecule has 17 heavy (non-hydrogen) atoms. The Morgan fingerprint density at radius 1 is 1.29 bits per heavy atom. The first kappa shape index (κ1) is 12.9. The highest BCUT2D eigenvalue weighted by Crippen LogP contribution is 2.34. The molecule has 1 aromatic carbocycles. The van der Waals surface area contributed by atoms with Gasteiger partial charge < -0.3 is 14.7 Å². The average Bonchev–Trinajstić information content (AvgIpc) is 2.29. The number of halogens is 2. The standard InChI is InChI=1S/C11H11Br2NO3/c12-7-5-8(11(15)16)10(9(13)6-7)14-1-3-17-4-2-14/h5-6H,1-4H2,(H,15,16). The first-order valence-electron chi connectivity index (χ1n) is 5.14. The lowest BCUT2D eigenvalue weighted by atomic mass is 10.1. The number of benzene rings is 1. The summed E-state index contributed by atoms with van der Waals surface area (Å²) in [7, 11) is 0. The summed E-state index contributed by atoms with van der Waals surface area (Å²) < 4.78 is 6.80. The molecule has 2 rings (SSSR count). The number of carbonyl (C=O) groups is 1. The van der Waals surface area contributed by atoms with Gasteiger partial charge in [-0.15, -0.1) is 0 Å². The maximum Gasteiger partial charge on any atom is 0.337 e. The fourth-order valence-electron chi connectivity index (χ4n) is 1.84. The molecule has 4 nitrogen and oxygen atoms in total. The summed E-state index contributed by atoms with van der Waals surface area (Å²) in [5.41, 5.74) is 1.03. The molecule has 0 saturated carbocycles. The molecule has 1 N–H and O–H groups in total. The van der Waals surface area contributed by atoms with Crippen LogP contribution in [0.2, 0.25) is 0 Å². The molecule has 1 aromatic rings. The van der Waals surface area contributed by atoms with E-state index in [1.54, 1.807) is 6.07 Å². The van der Waals surface area contributed by atoms with E-state index in [0.29, 0.717) is 31.9 Å². The van der Waals surface area contributed by atoms with Crippen molar-refractivity contribution in [2.24, 2.45) is 0 Å². The summed E-state index contributed by atoms with van der Waals surface area (Å²) in [6, 6.07) is 3.48. The minimum absolute atomic E-state index is 0.299. The van der Waals surface area contributed by atoms with Crippen molar-refractivity contribution in [1.82, 2.24) is 0 Å². The maximum atomic E-state index is 11.3. The Bertz CT molecular complexity index is 445. The Morgan fingerprint density at radius 2 is 1.94 bits per heavy atom. The molecule has 0 bridgehead atoms. The number of rotatable bonds is 2. The van der Waals surface area contributed by atoms with E-state index in [1.165, 1.54) is 0 Å². The number of anilines is 1. The van der Waals surface area contributed by atoms with Crippen LogP contribution in [-0.4, -0.2) is 37.4 Å². The van der Waals surface area contributed by atoms with Crippen molar-refractivity contribution in [3.05, 3.63) is 26.6 Å². The van der Waals surface area contributed by atoms with Gasteiger partial charge in [-0.3, -0.25) is 0 Å². The monoisotopic (exact) mass is 363 g/mol. The van der Waals surface area contributed by atoms with Gasteiger partial charge in [0.25, 0.3) is 0 Å². The average molecular weight is 365 g/mol. The molecule has 0 aliphatic carbocycles. The normalized spacial score (nSPS) is 16.0. The van der Waals surface area contributed by atoms with Crippen molar-refractivity contribution < 1.29 is 14.6 Å². The number of ether oxygens (including phenoxy) is 1. The van der Waals surface area contributed by atoms with E-state index >= 15 is 0 Å². The van der Waals surface area contributed by atoms with E-state index in [9.17, 15) is 9.90 Å². The second-order valence-electron chi connectivity index (χ2n) is 3.69. The number of hydrogen-bond acceptors (Lipinski definition) is 3. The van der Waals surface area contributed by atoms with Crippen molar-refractivity contribution in [3.63, 3.8) is 0 Å². The van der Waals surface area contributed by atoms with Crippen molar-refractivity contribution in [2.75, 3.05) is 31.2 Å². The lowest BCUT2D eigenvalue weighted by Crippen LogP contribution is -2.37. The quantitative estimate of drug-likeness (QED) is 0.876. The van der Waals surface area contributed by atoms with Crippen LogP contribution < -0.4 is 4.90 Å². The van der Waals surface area contributed by atoms with Crippen LogP contribution in [-0.2, 0) is 4.74 Å². The summed E-state index contributed by atoms with van der Waals surface area (Å²) >= 11 is 6.73. The van der Waals surface area contributed by atoms with Gasteiger partial charge in [-0.2, -0.15) is 0 Å². The van der Waals surface area contributed by atoms with Gasteiger partial charge >= 0.3 is 5.97 Å². The molecule has 6 heteroatoms. The molecule has 1 fully saturated rings. The van der Waals surface area contributed by atoms with Gasteiger partial charge in [0.05, 0.1) is 24.5 Å². The van der Waals surface area contributed by atoms with Gasteiger partial charge in [0.15, 0.2) is 0 Å². The van der Waals surface area contributed by atoms with Crippen LogP contribution in [0, 0.1) is 0 Å². The van der Waals surface area contributed by atoms with E-state index in [1.807, 2.05) is 11.0 Å². The highest BCUT2D eigenvalue weighted by Gasteiger charge is 2.21. The summed E-state index contributed by atoms with van der Waals surface area (Å²) in [4.78, 5) is 13.3. The summed E-state index contributed by atoms with van der Waals surface area (Å²) in [5.74, 6) is -0.923. The summed E-state index contributed by atoms with van der Waals surface area (Å²) in [5, 5.41) is 9.25. The van der Waals surface area contributed by atoms with Crippen LogP contribution in [0.4, 0.5) is 5.69 Å². The van der Waals surface area contributed by atoms with E-state index < -0.39 is 5.97 Å². The molecule has 1 aliphatic rings. The molecule has 0 spiro atoms. The third-order valence-corrected chi connectivity index (χ3v) is 3.65. The Balaban J connectivity index is 2.46. The lowest BCUT2D eigenvalue weighted by molar-refractivity contribution is 0.0696. The number of hydrogen-bond donors (Lipinski definition) is 1. The van der Waals surface area contributed by atoms with Gasteiger partial charge in [-0.05, 0) is 28.1 Å². The molecule has 0 amide bonds. The van der Waals surface area contributed by atoms with Crippen molar-refractivity contribution in [3.8, 4) is 0 Å². The van der Waals surface area contributed by atoms with E-state index in [0.717, 1.165) is 14.6 Å². The molecular weight excluding hydrogens is 354 g/mol. The second-order valence-corrected chi connectivity index (χ2v) is 5.46. The Morgan fingerprint density at radius 3 is 2.53 bits per heavy atom. The predicted octanol–water partition coefficient (Wildman–Crippen LogP) is 2.75. The first-order valence-corrected chi connectivity index (χ1v) is 6.73. The van der Waals surface area contributed by atoms with Crippen molar-refractivity contribution in [1.29, 1.82) is 0 Å². The number of nitrogens with zero attached hydrogens (tertiary/aromatic N) is 1. The summed E-state index contributed by atoms with van der Waals surface area (Å²) in [6.45, 7) is 2.67. The first-order chi connectivity index (χ1) is 8.09. The van der Waals surface area contributed by atoms with Gasteiger partial charge in [-0.25, -0.2) is 4.79 Å². The van der Waals surface area contributed by atoms with Gasteiger partial charge in [0, 0.05) is 22.0 Å². The summed E-state index contributed by atoms with van der Waals surface area (Å²) in [6.07, 6.45) is 0. The van der Waals surface area contributed by atoms with E-state index in [4.69, 9.17) is 4.74 Å². The fraction of sp³-hybridized carbons (Fsp3) is 0.364. The molecule has 92 valence electrons. The number of morpholine rings is 1. The van der Waals surface area contributed by atoms with Gasteiger partial charge in [0.1, 0.15) is 0 Å². The second kappa shape index (κ2) is 5.37. The van der Waals surface area contributed by atoms with Crippen LogP contribution >= 0.6 is 31.9 Å². The van der Waals surface area contributed by atoms with Crippen LogP contribution in [0.3, 0.4) is 0 Å². The third-order valence-electron chi connectivity index (χ3n) is 2.59. The van der Waals surface area contributed by atoms with Crippen LogP contribution in [0.1, 0.15) is 10.4 Å². The van der Waals surface area contributed by atoms with Crippen LogP contribution in [0.5, 0.6) is 0 Å². The highest BCUT2D eigenvalue weighted by atomic mass is 79.9. The zero-order valence-corrected chi connectivity index (χ0v) is 12.1. The zero-order chi connectivity index (χ0) is 12.4. The smallest absolute Gasteiger partial charge is 0.337 e. The van der Waals surface area contributed by atoms with Gasteiger partial charge in [-0.1, -0.05) is 15.9 Å². The van der Waals surface area contributed by atoms with Crippen LogP contribution in [0.25, 0.3) is 0 Å². The topological polar surface area (TPSA) is 49.8 Å². The minimum atomic E-state index is -0.923. The molecule has 1 heterocycles. The Hall–Kier alpha value is -0.590. The zero-order valence-electron chi connectivity index (χ0n) is 8.95. The largest absolute Gasteiger partial charge is 0.478 e. The van der Waals surface area contributed by atoms with Gasteiger partial charge in [0.2, 0.25) is 0 Å². The Kier molecular flexibility index (Phi) is 4.06. The highest BCUT2D eigenvalue weighted by molar-refractivity contribution is 9.11. The molecule has 0 radical (unpaired) electrons. The molecule has 0 unspecified atom stereocenters. The SMILES string of the molecule is O=C(O)c1cc(Br)cc(Br)c1N1CCOCC1. The fourth-order valence-corrected chi connectivity index (χ4v) is 3.31. The maximum absolute atomic E-state index is 11.3. The third kappa shape index (κ3) is 2.81. The number of aromatic carboxylic acids is 1. The molecular formula is C11H11Br2NO3. The molecule has 0 aromatic heterocycles. The molecule has 1 aliphatic heterocycles. The van der Waals surface area contributed by atoms with Crippen LogP contribution in [0.15, 0.2) is 21.1 Å². The van der Waals surface area contributed by atoms with E-state index in [-0.39, 0.29) is 0 Å². The number of carboxylic acids is 1. The van der Waals surface area contributed by atoms with Crippen molar-refractivity contribution >= 4 is 43.5 Å². The molecule has 0 atom stereocenters.